The lowest BCUT2D eigenvalue weighted by atomic mass is 9.96. The maximum absolute atomic E-state index is 10.8. The first-order valence-electron chi connectivity index (χ1n) is 4.62. The molecular formula is C11H12O4. The molecule has 1 aromatic carbocycles. The van der Waals surface area contributed by atoms with Crippen LogP contribution in [0.3, 0.4) is 0 Å². The number of hydrogen-bond donors (Lipinski definition) is 2. The SMILES string of the molecule is CCC(C(=O)O)c1ccc(C(=O)O)cc1. The lowest BCUT2D eigenvalue weighted by Crippen LogP contribution is -2.10. The van der Waals surface area contributed by atoms with Crippen LogP contribution < -0.4 is 0 Å². The first kappa shape index (κ1) is 11.2. The third-order valence-corrected chi connectivity index (χ3v) is 2.27. The van der Waals surface area contributed by atoms with Gasteiger partial charge in [-0.25, -0.2) is 4.79 Å². The molecule has 0 bridgehead atoms. The molecule has 4 nitrogen and oxygen atoms in total. The molecule has 0 aliphatic rings. The van der Waals surface area contributed by atoms with Crippen LogP contribution in [0.1, 0.15) is 35.2 Å². The van der Waals surface area contributed by atoms with Crippen LogP contribution in [-0.2, 0) is 4.79 Å². The molecule has 15 heavy (non-hydrogen) atoms. The van der Waals surface area contributed by atoms with Gasteiger partial charge in [-0.15, -0.1) is 0 Å². The molecule has 1 rings (SSSR count). The minimum absolute atomic E-state index is 0.166. The van der Waals surface area contributed by atoms with Gasteiger partial charge in [0.15, 0.2) is 0 Å². The summed E-state index contributed by atoms with van der Waals surface area (Å²) in [6.07, 6.45) is 0.488. The van der Waals surface area contributed by atoms with E-state index in [0.717, 1.165) is 0 Å². The summed E-state index contributed by atoms with van der Waals surface area (Å²) in [4.78, 5) is 21.4. The Balaban J connectivity index is 2.97. The van der Waals surface area contributed by atoms with Crippen molar-refractivity contribution in [1.82, 2.24) is 0 Å². The van der Waals surface area contributed by atoms with Gasteiger partial charge in [-0.05, 0) is 24.1 Å². The van der Waals surface area contributed by atoms with Crippen LogP contribution in [0.2, 0.25) is 0 Å². The molecule has 0 radical (unpaired) electrons. The predicted molar refractivity (Wildman–Crippen MR) is 54.1 cm³/mol. The zero-order valence-electron chi connectivity index (χ0n) is 8.30. The third-order valence-electron chi connectivity index (χ3n) is 2.27. The number of benzene rings is 1. The Hall–Kier alpha value is -1.84. The average Bonchev–Trinajstić information content (AvgIpc) is 2.19. The fraction of sp³-hybridized carbons (Fsp3) is 0.273. The highest BCUT2D eigenvalue weighted by molar-refractivity contribution is 5.87. The van der Waals surface area contributed by atoms with Crippen molar-refractivity contribution < 1.29 is 19.8 Å². The Bertz CT molecular complexity index is 367. The van der Waals surface area contributed by atoms with Crippen LogP contribution in [0.4, 0.5) is 0 Å². The number of carboxylic acid groups (broad SMARTS) is 2. The molecule has 0 aliphatic heterocycles. The summed E-state index contributed by atoms with van der Waals surface area (Å²) in [6, 6.07) is 5.93. The van der Waals surface area contributed by atoms with Crippen molar-refractivity contribution in [2.45, 2.75) is 19.3 Å². The van der Waals surface area contributed by atoms with Gasteiger partial charge in [0.2, 0.25) is 0 Å². The Morgan fingerprint density at radius 2 is 1.73 bits per heavy atom. The number of carboxylic acids is 2. The van der Waals surface area contributed by atoms with Crippen molar-refractivity contribution in [3.8, 4) is 0 Å². The van der Waals surface area contributed by atoms with Gasteiger partial charge in [-0.1, -0.05) is 19.1 Å². The molecule has 0 saturated carbocycles. The van der Waals surface area contributed by atoms with Crippen molar-refractivity contribution in [3.05, 3.63) is 35.4 Å². The number of carbonyl (C=O) groups is 2. The van der Waals surface area contributed by atoms with E-state index in [1.807, 2.05) is 0 Å². The van der Waals surface area contributed by atoms with E-state index < -0.39 is 17.9 Å². The summed E-state index contributed by atoms with van der Waals surface area (Å²) in [5.74, 6) is -2.46. The second-order valence-electron chi connectivity index (χ2n) is 3.23. The zero-order valence-corrected chi connectivity index (χ0v) is 8.30. The van der Waals surface area contributed by atoms with Gasteiger partial charge in [0, 0.05) is 0 Å². The maximum atomic E-state index is 10.8. The number of rotatable bonds is 4. The van der Waals surface area contributed by atoms with Crippen molar-refractivity contribution in [2.75, 3.05) is 0 Å². The molecule has 0 aromatic heterocycles. The fourth-order valence-electron chi connectivity index (χ4n) is 1.41. The second kappa shape index (κ2) is 4.59. The van der Waals surface area contributed by atoms with E-state index in [1.54, 1.807) is 19.1 Å². The quantitative estimate of drug-likeness (QED) is 0.793. The second-order valence-corrected chi connectivity index (χ2v) is 3.23. The largest absolute Gasteiger partial charge is 0.481 e. The molecule has 4 heteroatoms. The molecule has 0 spiro atoms. The van der Waals surface area contributed by atoms with Crippen molar-refractivity contribution in [3.63, 3.8) is 0 Å². The molecule has 0 heterocycles. The van der Waals surface area contributed by atoms with Crippen LogP contribution in [0.15, 0.2) is 24.3 Å². The molecule has 80 valence electrons. The molecule has 2 N–H and O–H groups in total. The molecule has 1 aromatic rings. The minimum Gasteiger partial charge on any atom is -0.481 e. The summed E-state index contributed by atoms with van der Waals surface area (Å²) in [5.41, 5.74) is 0.800. The first-order valence-corrected chi connectivity index (χ1v) is 4.62. The molecule has 0 amide bonds. The Morgan fingerprint density at radius 1 is 1.20 bits per heavy atom. The zero-order chi connectivity index (χ0) is 11.4. The summed E-state index contributed by atoms with van der Waals surface area (Å²) in [6.45, 7) is 1.78. The molecule has 1 unspecified atom stereocenters. The summed E-state index contributed by atoms with van der Waals surface area (Å²) >= 11 is 0. The lowest BCUT2D eigenvalue weighted by Gasteiger charge is -2.09. The van der Waals surface area contributed by atoms with Gasteiger partial charge >= 0.3 is 11.9 Å². The van der Waals surface area contributed by atoms with E-state index in [-0.39, 0.29) is 5.56 Å². The topological polar surface area (TPSA) is 74.6 Å². The standard InChI is InChI=1S/C11H12O4/c1-2-9(11(14)15)7-3-5-8(6-4-7)10(12)13/h3-6,9H,2H2,1H3,(H,12,13)(H,14,15). The highest BCUT2D eigenvalue weighted by Crippen LogP contribution is 2.20. The van der Waals surface area contributed by atoms with Crippen LogP contribution in [0.25, 0.3) is 0 Å². The first-order chi connectivity index (χ1) is 7.06. The van der Waals surface area contributed by atoms with Crippen LogP contribution in [-0.4, -0.2) is 22.2 Å². The van der Waals surface area contributed by atoms with E-state index >= 15 is 0 Å². The third kappa shape index (κ3) is 2.56. The van der Waals surface area contributed by atoms with Crippen LogP contribution in [0.5, 0.6) is 0 Å². The average molecular weight is 208 g/mol. The highest BCUT2D eigenvalue weighted by Gasteiger charge is 2.17. The monoisotopic (exact) mass is 208 g/mol. The minimum atomic E-state index is -1.01. The smallest absolute Gasteiger partial charge is 0.335 e. The van der Waals surface area contributed by atoms with E-state index in [0.29, 0.717) is 12.0 Å². The van der Waals surface area contributed by atoms with Crippen LogP contribution in [0, 0.1) is 0 Å². The predicted octanol–water partition coefficient (Wildman–Crippen LogP) is 1.96. The molecule has 0 fully saturated rings. The fourth-order valence-corrected chi connectivity index (χ4v) is 1.41. The number of aromatic carboxylic acids is 1. The maximum Gasteiger partial charge on any atom is 0.335 e. The van der Waals surface area contributed by atoms with Crippen molar-refractivity contribution >= 4 is 11.9 Å². The van der Waals surface area contributed by atoms with Crippen LogP contribution >= 0.6 is 0 Å². The van der Waals surface area contributed by atoms with E-state index in [1.165, 1.54) is 12.1 Å². The highest BCUT2D eigenvalue weighted by atomic mass is 16.4. The van der Waals surface area contributed by atoms with E-state index in [4.69, 9.17) is 10.2 Å². The molecule has 1 atom stereocenters. The normalized spacial score (nSPS) is 12.1. The molecule has 0 saturated heterocycles. The van der Waals surface area contributed by atoms with Gasteiger partial charge in [-0.3, -0.25) is 4.79 Å². The molecule has 0 aliphatic carbocycles. The summed E-state index contributed by atoms with van der Waals surface area (Å²) in [5, 5.41) is 17.6. The Labute approximate surface area is 87.2 Å². The van der Waals surface area contributed by atoms with Gasteiger partial charge in [0.25, 0.3) is 0 Å². The van der Waals surface area contributed by atoms with E-state index in [2.05, 4.69) is 0 Å². The van der Waals surface area contributed by atoms with Gasteiger partial charge in [0.05, 0.1) is 11.5 Å². The van der Waals surface area contributed by atoms with Crippen molar-refractivity contribution in [2.24, 2.45) is 0 Å². The number of hydrogen-bond acceptors (Lipinski definition) is 2. The van der Waals surface area contributed by atoms with E-state index in [9.17, 15) is 9.59 Å². The van der Waals surface area contributed by atoms with Crippen molar-refractivity contribution in [1.29, 1.82) is 0 Å². The lowest BCUT2D eigenvalue weighted by molar-refractivity contribution is -0.138. The number of aliphatic carboxylic acids is 1. The van der Waals surface area contributed by atoms with Gasteiger partial charge in [0.1, 0.15) is 0 Å². The summed E-state index contributed by atoms with van der Waals surface area (Å²) in [7, 11) is 0. The Kier molecular flexibility index (Phi) is 3.44. The Morgan fingerprint density at radius 3 is 2.07 bits per heavy atom. The molecular weight excluding hydrogens is 196 g/mol. The van der Waals surface area contributed by atoms with Gasteiger partial charge < -0.3 is 10.2 Å². The van der Waals surface area contributed by atoms with Gasteiger partial charge in [-0.2, -0.15) is 0 Å². The summed E-state index contributed by atoms with van der Waals surface area (Å²) < 4.78 is 0.